The van der Waals surface area contributed by atoms with Gasteiger partial charge in [-0.25, -0.2) is 4.21 Å². The van der Waals surface area contributed by atoms with E-state index in [0.29, 0.717) is 31.6 Å². The van der Waals surface area contributed by atoms with Gasteiger partial charge in [-0.1, -0.05) is 55.9 Å². The molecule has 2 aromatic rings. The van der Waals surface area contributed by atoms with Crippen LogP contribution < -0.4 is 14.4 Å². The van der Waals surface area contributed by atoms with Crippen molar-refractivity contribution >= 4 is 34.2 Å². The molecule has 1 saturated carbocycles. The number of benzene rings is 2. The van der Waals surface area contributed by atoms with Crippen LogP contribution in [0.2, 0.25) is 5.02 Å². The Bertz CT molecular complexity index is 1520. The zero-order chi connectivity index (χ0) is 32.8. The van der Waals surface area contributed by atoms with Gasteiger partial charge in [0.2, 0.25) is 0 Å². The van der Waals surface area contributed by atoms with Gasteiger partial charge in [0.25, 0.3) is 5.91 Å². The number of anilines is 1. The van der Waals surface area contributed by atoms with Gasteiger partial charge in [-0.05, 0) is 92.0 Å². The van der Waals surface area contributed by atoms with E-state index in [1.54, 1.807) is 13.2 Å². The number of hydrogen-bond donors (Lipinski definition) is 2. The molecule has 0 aromatic heterocycles. The summed E-state index contributed by atoms with van der Waals surface area (Å²) in [5, 5.41) is 9.95. The molecular weight excluding hydrogens is 620 g/mol. The molecule has 7 unspecified atom stereocenters. The maximum Gasteiger partial charge on any atom is 0.263 e. The number of allylic oxidation sites excluding steroid dienone is 1. The summed E-state index contributed by atoms with van der Waals surface area (Å²) in [6, 6.07) is 11.7. The van der Waals surface area contributed by atoms with Crippen molar-refractivity contribution in [2.75, 3.05) is 38.3 Å². The summed E-state index contributed by atoms with van der Waals surface area (Å²) in [4.78, 5) is 15.8. The summed E-state index contributed by atoms with van der Waals surface area (Å²) in [6.07, 6.45) is 9.14. The predicted molar refractivity (Wildman–Crippen MR) is 186 cm³/mol. The molecule has 7 atom stereocenters. The van der Waals surface area contributed by atoms with Gasteiger partial charge in [0.05, 0.1) is 24.2 Å². The third-order valence-electron chi connectivity index (χ3n) is 9.99. The van der Waals surface area contributed by atoms with Crippen LogP contribution in [0, 0.1) is 29.6 Å². The lowest BCUT2D eigenvalue weighted by molar-refractivity contribution is -0.0349. The van der Waals surface area contributed by atoms with Crippen LogP contribution in [0.4, 0.5) is 5.69 Å². The van der Waals surface area contributed by atoms with Gasteiger partial charge in [0.15, 0.2) is 0 Å². The molecule has 0 spiro atoms. The fraction of sp³-hybridized carbons (Fsp3) is 0.541. The number of ether oxygens (including phenoxy) is 2. The molecular formula is C37H47ClN2O5S. The van der Waals surface area contributed by atoms with E-state index in [1.165, 1.54) is 11.1 Å². The predicted octanol–water partition coefficient (Wildman–Crippen LogP) is 6.45. The average Bonchev–Trinajstić information content (AvgIpc) is 3.21. The molecule has 1 aliphatic carbocycles. The number of fused-ring (bicyclic) bond motifs is 2. The SMILES string of the molecule is CCCc1cc(Cl)ccc1C1COc2ccc3cc2N(C1)CC1CCC1C(C#CCCO)(OC)/C=C/CC(C)C(C)S(=O)NC3=O. The molecule has 1 amide bonds. The number of aryl methyl sites for hydroxylation is 1. The molecule has 2 aliphatic heterocycles. The molecule has 3 aliphatic rings. The maximum atomic E-state index is 13.4. The number of methoxy groups -OCH3 is 1. The van der Waals surface area contributed by atoms with E-state index < -0.39 is 16.6 Å². The van der Waals surface area contributed by atoms with Gasteiger partial charge >= 0.3 is 0 Å². The number of halogens is 1. The van der Waals surface area contributed by atoms with Gasteiger partial charge in [-0.2, -0.15) is 0 Å². The van der Waals surface area contributed by atoms with Crippen molar-refractivity contribution in [1.82, 2.24) is 4.72 Å². The second kappa shape index (κ2) is 15.4. The average molecular weight is 667 g/mol. The number of rotatable bonds is 5. The highest BCUT2D eigenvalue weighted by Gasteiger charge is 2.47. The number of aliphatic hydroxyl groups excluding tert-OH is 1. The summed E-state index contributed by atoms with van der Waals surface area (Å²) in [6.45, 7) is 8.05. The first kappa shape index (κ1) is 34.5. The van der Waals surface area contributed by atoms with E-state index >= 15 is 0 Å². The summed E-state index contributed by atoms with van der Waals surface area (Å²) in [5.41, 5.74) is 2.98. The van der Waals surface area contributed by atoms with Crippen LogP contribution in [-0.2, 0) is 22.1 Å². The minimum atomic E-state index is -1.57. The smallest absolute Gasteiger partial charge is 0.263 e. The van der Waals surface area contributed by atoms with Crippen LogP contribution in [0.3, 0.4) is 0 Å². The highest BCUT2D eigenvalue weighted by Crippen LogP contribution is 2.47. The molecule has 1 fully saturated rings. The van der Waals surface area contributed by atoms with Crippen molar-refractivity contribution in [3.8, 4) is 17.6 Å². The van der Waals surface area contributed by atoms with E-state index in [1.807, 2.05) is 32.0 Å². The van der Waals surface area contributed by atoms with Gasteiger partial charge in [-0.3, -0.25) is 9.52 Å². The third kappa shape index (κ3) is 7.49. The van der Waals surface area contributed by atoms with Gasteiger partial charge in [0.1, 0.15) is 22.3 Å². The topological polar surface area (TPSA) is 88.1 Å². The molecule has 2 aromatic carbocycles. The molecule has 0 saturated heterocycles. The van der Waals surface area contributed by atoms with Crippen LogP contribution in [0.25, 0.3) is 0 Å². The molecule has 46 heavy (non-hydrogen) atoms. The molecule has 248 valence electrons. The largest absolute Gasteiger partial charge is 0.491 e. The minimum Gasteiger partial charge on any atom is -0.491 e. The van der Waals surface area contributed by atoms with E-state index in [9.17, 15) is 14.1 Å². The molecule has 9 heteroatoms. The Labute approximate surface area is 281 Å². The molecule has 0 radical (unpaired) electrons. The number of amides is 1. The van der Waals surface area contributed by atoms with E-state index in [-0.39, 0.29) is 41.4 Å². The third-order valence-corrected chi connectivity index (χ3v) is 11.8. The number of hydrogen-bond acceptors (Lipinski definition) is 6. The Morgan fingerprint density at radius 3 is 2.74 bits per heavy atom. The van der Waals surface area contributed by atoms with Crippen LogP contribution in [0.15, 0.2) is 48.6 Å². The number of nitrogens with zero attached hydrogens (tertiary/aromatic N) is 1. The molecule has 5 rings (SSSR count). The van der Waals surface area contributed by atoms with Crippen molar-refractivity contribution in [1.29, 1.82) is 0 Å². The van der Waals surface area contributed by atoms with Crippen molar-refractivity contribution < 1.29 is 23.6 Å². The Balaban J connectivity index is 1.59. The Hall–Kier alpha value is -2.83. The standard InChI is InChI=1S/C37H47ClN2O5S/c1-5-9-27-20-31(38)13-14-32(27)30-23-40-22-29-11-15-33(29)37(44-4,17-6-7-19-41)18-8-10-25(2)26(3)46(43)39-36(42)28-12-16-35(45-24-30)34(40)21-28/h8,12-14,16,18,20-21,25-26,29-30,33,41H,5,7,9-11,15,19,22-24H2,1-4H3,(H,39,42)/b18-8+. The Kier molecular flexibility index (Phi) is 11.5. The second-order valence-electron chi connectivity index (χ2n) is 13.0. The fourth-order valence-electron chi connectivity index (χ4n) is 6.98. The number of carbonyl (C=O) groups excluding carboxylic acids is 1. The molecule has 2 heterocycles. The van der Waals surface area contributed by atoms with E-state index in [4.69, 9.17) is 21.1 Å². The summed E-state index contributed by atoms with van der Waals surface area (Å²) >= 11 is 6.44. The number of nitrogens with one attached hydrogen (secondary N) is 1. The van der Waals surface area contributed by atoms with Gasteiger partial charge in [-0.15, -0.1) is 0 Å². The Morgan fingerprint density at radius 1 is 1.20 bits per heavy atom. The van der Waals surface area contributed by atoms with Crippen molar-refractivity contribution in [3.05, 3.63) is 70.3 Å². The van der Waals surface area contributed by atoms with Crippen molar-refractivity contribution in [3.63, 3.8) is 0 Å². The lowest BCUT2D eigenvalue weighted by atomic mass is 9.64. The first-order valence-corrected chi connectivity index (χ1v) is 18.1. The lowest BCUT2D eigenvalue weighted by Crippen LogP contribution is -2.50. The van der Waals surface area contributed by atoms with Crippen molar-refractivity contribution in [2.24, 2.45) is 17.8 Å². The molecule has 2 N–H and O–H groups in total. The number of carbonyl (C=O) groups is 1. The fourth-order valence-corrected chi connectivity index (χ4v) is 8.19. The highest BCUT2D eigenvalue weighted by atomic mass is 35.5. The van der Waals surface area contributed by atoms with Crippen molar-refractivity contribution in [2.45, 2.75) is 76.1 Å². The zero-order valence-electron chi connectivity index (χ0n) is 27.4. The first-order chi connectivity index (χ1) is 22.2. The van der Waals surface area contributed by atoms with Crippen LogP contribution in [0.5, 0.6) is 5.75 Å². The van der Waals surface area contributed by atoms with E-state index in [0.717, 1.165) is 48.7 Å². The maximum absolute atomic E-state index is 13.4. The van der Waals surface area contributed by atoms with Crippen LogP contribution >= 0.6 is 11.6 Å². The van der Waals surface area contributed by atoms with E-state index in [2.05, 4.69) is 52.7 Å². The number of aliphatic hydroxyl groups is 1. The monoisotopic (exact) mass is 666 g/mol. The lowest BCUT2D eigenvalue weighted by Gasteiger charge is -2.47. The summed E-state index contributed by atoms with van der Waals surface area (Å²) < 4.78 is 28.8. The summed E-state index contributed by atoms with van der Waals surface area (Å²) in [5.74, 6) is 7.47. The van der Waals surface area contributed by atoms with Crippen LogP contribution in [0.1, 0.15) is 80.3 Å². The van der Waals surface area contributed by atoms with Gasteiger partial charge < -0.3 is 19.5 Å². The highest BCUT2D eigenvalue weighted by molar-refractivity contribution is 7.84. The Morgan fingerprint density at radius 2 is 2.02 bits per heavy atom. The zero-order valence-corrected chi connectivity index (χ0v) is 29.0. The normalized spacial score (nSPS) is 30.4. The van der Waals surface area contributed by atoms with Gasteiger partial charge in [0, 0.05) is 49.0 Å². The summed E-state index contributed by atoms with van der Waals surface area (Å²) in [7, 11) is 0.143. The quantitative estimate of drug-likeness (QED) is 0.282. The van der Waals surface area contributed by atoms with Crippen LogP contribution in [-0.4, -0.2) is 59.5 Å². The second-order valence-corrected chi connectivity index (χ2v) is 14.9. The molecule has 2 bridgehead atoms. The minimum absolute atomic E-state index is 0.00428. The first-order valence-electron chi connectivity index (χ1n) is 16.5. The molecule has 7 nitrogen and oxygen atoms in total.